The zero-order chi connectivity index (χ0) is 15.7. The molecular formula is C16H31NO3S. The first-order valence-corrected chi connectivity index (χ1v) is 9.36. The summed E-state index contributed by atoms with van der Waals surface area (Å²) in [5.74, 6) is 2.20. The van der Waals surface area contributed by atoms with Gasteiger partial charge in [0.25, 0.3) is 0 Å². The summed E-state index contributed by atoms with van der Waals surface area (Å²) < 4.78 is 5.06. The lowest BCUT2D eigenvalue weighted by molar-refractivity contribution is -0.151. The molecule has 0 aromatic rings. The van der Waals surface area contributed by atoms with Gasteiger partial charge in [0.1, 0.15) is 0 Å². The number of aliphatic hydroxyl groups is 1. The van der Waals surface area contributed by atoms with Crippen molar-refractivity contribution in [3.05, 3.63) is 0 Å². The molecule has 1 aliphatic rings. The smallest absolute Gasteiger partial charge is 0.308 e. The van der Waals surface area contributed by atoms with E-state index in [1.807, 2.05) is 18.7 Å². The zero-order valence-electron chi connectivity index (χ0n) is 13.7. The van der Waals surface area contributed by atoms with Gasteiger partial charge in [-0.1, -0.05) is 6.92 Å². The van der Waals surface area contributed by atoms with E-state index in [1.54, 1.807) is 0 Å². The summed E-state index contributed by atoms with van der Waals surface area (Å²) in [5, 5.41) is 14.0. The van der Waals surface area contributed by atoms with E-state index in [0.717, 1.165) is 30.8 Å². The predicted octanol–water partition coefficient (Wildman–Crippen LogP) is 2.59. The van der Waals surface area contributed by atoms with Crippen LogP contribution in [0.3, 0.4) is 0 Å². The number of ether oxygens (including phenoxy) is 1. The summed E-state index contributed by atoms with van der Waals surface area (Å²) in [4.78, 5) is 11.7. The molecule has 0 spiro atoms. The van der Waals surface area contributed by atoms with Crippen molar-refractivity contribution in [2.75, 3.05) is 24.7 Å². The monoisotopic (exact) mass is 317 g/mol. The van der Waals surface area contributed by atoms with Gasteiger partial charge >= 0.3 is 5.97 Å². The molecule has 0 aromatic carbocycles. The lowest BCUT2D eigenvalue weighted by Gasteiger charge is -2.36. The molecule has 0 bridgehead atoms. The topological polar surface area (TPSA) is 58.6 Å². The van der Waals surface area contributed by atoms with Crippen LogP contribution in [0.4, 0.5) is 0 Å². The first-order chi connectivity index (χ1) is 10.0. The van der Waals surface area contributed by atoms with Gasteiger partial charge in [0.15, 0.2) is 0 Å². The number of thioether (sulfide) groups is 1. The maximum Gasteiger partial charge on any atom is 0.308 e. The number of rotatable bonds is 9. The number of esters is 1. The van der Waals surface area contributed by atoms with Crippen LogP contribution in [0.5, 0.6) is 0 Å². The van der Waals surface area contributed by atoms with Crippen LogP contribution in [0, 0.1) is 5.92 Å². The highest BCUT2D eigenvalue weighted by Gasteiger charge is 2.36. The van der Waals surface area contributed by atoms with Crippen LogP contribution in [0.2, 0.25) is 0 Å². The molecular weight excluding hydrogens is 286 g/mol. The Morgan fingerprint density at radius 1 is 1.43 bits per heavy atom. The highest BCUT2D eigenvalue weighted by Crippen LogP contribution is 2.32. The van der Waals surface area contributed by atoms with Gasteiger partial charge < -0.3 is 15.2 Å². The van der Waals surface area contributed by atoms with E-state index in [9.17, 15) is 9.90 Å². The van der Waals surface area contributed by atoms with Gasteiger partial charge in [-0.3, -0.25) is 4.79 Å². The molecule has 1 rings (SSSR count). The predicted molar refractivity (Wildman–Crippen MR) is 88.6 cm³/mol. The minimum absolute atomic E-state index is 0.0244. The van der Waals surface area contributed by atoms with Crippen molar-refractivity contribution in [2.24, 2.45) is 5.92 Å². The molecule has 0 heterocycles. The van der Waals surface area contributed by atoms with E-state index < -0.39 is 5.60 Å². The quantitative estimate of drug-likeness (QED) is 0.506. The Kier molecular flexibility index (Phi) is 8.67. The van der Waals surface area contributed by atoms with Gasteiger partial charge in [0, 0.05) is 12.6 Å². The van der Waals surface area contributed by atoms with Crippen molar-refractivity contribution in [3.63, 3.8) is 0 Å². The zero-order valence-corrected chi connectivity index (χ0v) is 14.5. The molecule has 1 saturated carbocycles. The van der Waals surface area contributed by atoms with Crippen molar-refractivity contribution in [1.29, 1.82) is 0 Å². The number of carbonyl (C=O) groups excluding carboxylic acids is 1. The number of hydrogen-bond donors (Lipinski definition) is 2. The molecule has 1 fully saturated rings. The van der Waals surface area contributed by atoms with Gasteiger partial charge in [-0.25, -0.2) is 0 Å². The molecule has 124 valence electrons. The Hall–Kier alpha value is -0.260. The van der Waals surface area contributed by atoms with Crippen LogP contribution in [-0.4, -0.2) is 47.4 Å². The first-order valence-electron chi connectivity index (χ1n) is 8.21. The summed E-state index contributed by atoms with van der Waals surface area (Å²) in [6, 6.07) is 0.427. The average Bonchev–Trinajstić information content (AvgIpc) is 2.46. The minimum atomic E-state index is -0.658. The highest BCUT2D eigenvalue weighted by atomic mass is 32.2. The molecule has 0 amide bonds. The Bertz CT molecular complexity index is 304. The fourth-order valence-corrected chi connectivity index (χ4v) is 3.51. The molecule has 0 saturated heterocycles. The number of hydrogen-bond acceptors (Lipinski definition) is 5. The van der Waals surface area contributed by atoms with E-state index in [2.05, 4.69) is 19.2 Å². The van der Waals surface area contributed by atoms with E-state index in [0.29, 0.717) is 32.0 Å². The van der Waals surface area contributed by atoms with Crippen LogP contribution < -0.4 is 5.32 Å². The Morgan fingerprint density at radius 3 is 2.67 bits per heavy atom. The molecule has 21 heavy (non-hydrogen) atoms. The standard InChI is InChI=1S/C16H31NO3S/c1-4-20-15(18)14-6-9-16(19,10-7-14)12-17-13(3)8-11-21-5-2/h13-14,17,19H,4-12H2,1-3H3. The van der Waals surface area contributed by atoms with Gasteiger partial charge in [0.2, 0.25) is 0 Å². The largest absolute Gasteiger partial charge is 0.466 e. The first kappa shape index (κ1) is 18.8. The highest BCUT2D eigenvalue weighted by molar-refractivity contribution is 7.99. The van der Waals surface area contributed by atoms with E-state index in [1.165, 1.54) is 0 Å². The normalized spacial score (nSPS) is 27.3. The van der Waals surface area contributed by atoms with Crippen LogP contribution in [0.25, 0.3) is 0 Å². The molecule has 5 heteroatoms. The van der Waals surface area contributed by atoms with E-state index in [-0.39, 0.29) is 11.9 Å². The summed E-state index contributed by atoms with van der Waals surface area (Å²) in [5.41, 5.74) is -0.658. The van der Waals surface area contributed by atoms with E-state index in [4.69, 9.17) is 4.74 Å². The molecule has 0 aliphatic heterocycles. The third kappa shape index (κ3) is 7.02. The second kappa shape index (κ2) is 9.70. The van der Waals surface area contributed by atoms with Crippen molar-refractivity contribution in [3.8, 4) is 0 Å². The lowest BCUT2D eigenvalue weighted by atomic mass is 9.78. The third-order valence-electron chi connectivity index (χ3n) is 4.22. The second-order valence-corrected chi connectivity index (χ2v) is 7.41. The van der Waals surface area contributed by atoms with Gasteiger partial charge in [-0.2, -0.15) is 11.8 Å². The second-order valence-electron chi connectivity index (χ2n) is 6.02. The maximum atomic E-state index is 11.7. The Balaban J connectivity index is 2.25. The summed E-state index contributed by atoms with van der Waals surface area (Å²) in [6.07, 6.45) is 3.95. The van der Waals surface area contributed by atoms with Crippen LogP contribution in [0.1, 0.15) is 52.9 Å². The molecule has 0 aromatic heterocycles. The van der Waals surface area contributed by atoms with Crippen LogP contribution >= 0.6 is 11.8 Å². The summed E-state index contributed by atoms with van der Waals surface area (Å²) >= 11 is 1.95. The molecule has 1 aliphatic carbocycles. The van der Waals surface area contributed by atoms with Crippen molar-refractivity contribution < 1.29 is 14.6 Å². The molecule has 2 N–H and O–H groups in total. The Labute approximate surface area is 133 Å². The van der Waals surface area contributed by atoms with E-state index >= 15 is 0 Å². The van der Waals surface area contributed by atoms with Crippen molar-refractivity contribution >= 4 is 17.7 Å². The summed E-state index contributed by atoms with van der Waals surface area (Å²) in [6.45, 7) is 7.24. The van der Waals surface area contributed by atoms with Gasteiger partial charge in [-0.15, -0.1) is 0 Å². The fraction of sp³-hybridized carbons (Fsp3) is 0.938. The fourth-order valence-electron chi connectivity index (χ4n) is 2.70. The Morgan fingerprint density at radius 2 is 2.10 bits per heavy atom. The van der Waals surface area contributed by atoms with Gasteiger partial charge in [0.05, 0.1) is 18.1 Å². The lowest BCUT2D eigenvalue weighted by Crippen LogP contribution is -2.46. The van der Waals surface area contributed by atoms with Gasteiger partial charge in [-0.05, 0) is 57.5 Å². The molecule has 0 radical (unpaired) electrons. The minimum Gasteiger partial charge on any atom is -0.466 e. The molecule has 1 atom stereocenters. The number of carbonyl (C=O) groups is 1. The van der Waals surface area contributed by atoms with Crippen LogP contribution in [0.15, 0.2) is 0 Å². The molecule has 4 nitrogen and oxygen atoms in total. The average molecular weight is 317 g/mol. The van der Waals surface area contributed by atoms with Crippen molar-refractivity contribution in [1.82, 2.24) is 5.32 Å². The van der Waals surface area contributed by atoms with Crippen LogP contribution in [-0.2, 0) is 9.53 Å². The third-order valence-corrected chi connectivity index (χ3v) is 5.15. The molecule has 1 unspecified atom stereocenters. The SMILES string of the molecule is CCOC(=O)C1CCC(O)(CNC(C)CCSCC)CC1. The summed E-state index contributed by atoms with van der Waals surface area (Å²) in [7, 11) is 0. The maximum absolute atomic E-state index is 11.7. The number of nitrogens with one attached hydrogen (secondary N) is 1. The van der Waals surface area contributed by atoms with Crippen molar-refractivity contribution in [2.45, 2.75) is 64.5 Å².